The maximum Gasteiger partial charge on any atom is -0.0832 e. The van der Waals surface area contributed by atoms with Crippen LogP contribution in [0.2, 0.25) is 0 Å². The molecule has 0 spiro atoms. The van der Waals surface area contributed by atoms with E-state index in [4.69, 9.17) is 0 Å². The van der Waals surface area contributed by atoms with Crippen LogP contribution in [0.15, 0.2) is 0 Å². The van der Waals surface area contributed by atoms with Gasteiger partial charge in [-0.15, -0.1) is 0 Å². The molecular formula is C6H12N2-2. The average Bonchev–Trinajstić information content (AvgIpc) is 1.77. The molecule has 0 radical (unpaired) electrons. The zero-order chi connectivity index (χ0) is 5.98. The third-order valence-corrected chi connectivity index (χ3v) is 1.36. The van der Waals surface area contributed by atoms with Gasteiger partial charge in [0.15, 0.2) is 0 Å². The van der Waals surface area contributed by atoms with Crippen molar-refractivity contribution in [3.05, 3.63) is 10.6 Å². The van der Waals surface area contributed by atoms with Crippen LogP contribution in [0.3, 0.4) is 0 Å². The lowest BCUT2D eigenvalue weighted by Gasteiger charge is -2.48. The molecule has 2 nitrogen and oxygen atoms in total. The number of hydrogen-bond donors (Lipinski definition) is 0. The molecule has 1 aliphatic rings. The van der Waals surface area contributed by atoms with Crippen LogP contribution >= 0.6 is 0 Å². The first-order valence-corrected chi connectivity index (χ1v) is 3.12. The Bertz CT molecular complexity index is 54.9. The first kappa shape index (κ1) is 6.05. The first-order chi connectivity index (χ1) is 3.79. The molecule has 1 heterocycles. The zero-order valence-corrected chi connectivity index (χ0v) is 5.46. The van der Waals surface area contributed by atoms with Gasteiger partial charge >= 0.3 is 0 Å². The van der Waals surface area contributed by atoms with Crippen LogP contribution in [0.25, 0.3) is 10.6 Å². The second-order valence-corrected chi connectivity index (χ2v) is 2.43. The van der Waals surface area contributed by atoms with Gasteiger partial charge in [0.2, 0.25) is 0 Å². The SMILES string of the molecule is C[C@@H]1C[N-][C@@H](C)C[N-]1. The van der Waals surface area contributed by atoms with E-state index in [0.717, 1.165) is 13.1 Å². The molecule has 2 atom stereocenters. The average molecular weight is 112 g/mol. The minimum absolute atomic E-state index is 0.478. The Morgan fingerprint density at radius 3 is 1.62 bits per heavy atom. The maximum absolute atomic E-state index is 4.32. The fraction of sp³-hybridized carbons (Fsp3) is 1.00. The molecule has 0 saturated carbocycles. The highest BCUT2D eigenvalue weighted by molar-refractivity contribution is 5.10. The summed E-state index contributed by atoms with van der Waals surface area (Å²) in [5, 5.41) is 8.63. The molecule has 1 saturated heterocycles. The zero-order valence-electron chi connectivity index (χ0n) is 5.46. The Morgan fingerprint density at radius 1 is 1.00 bits per heavy atom. The molecule has 2 heteroatoms. The van der Waals surface area contributed by atoms with Crippen LogP contribution in [-0.4, -0.2) is 25.2 Å². The van der Waals surface area contributed by atoms with Gasteiger partial charge < -0.3 is 10.6 Å². The van der Waals surface area contributed by atoms with Crippen molar-refractivity contribution < 1.29 is 0 Å². The second-order valence-electron chi connectivity index (χ2n) is 2.43. The van der Waals surface area contributed by atoms with Gasteiger partial charge in [0.25, 0.3) is 0 Å². The molecule has 0 aromatic carbocycles. The normalized spacial score (nSPS) is 39.8. The van der Waals surface area contributed by atoms with Gasteiger partial charge in [0.1, 0.15) is 0 Å². The summed E-state index contributed by atoms with van der Waals surface area (Å²) in [7, 11) is 0. The van der Waals surface area contributed by atoms with E-state index in [1.165, 1.54) is 0 Å². The van der Waals surface area contributed by atoms with Gasteiger partial charge in [-0.25, -0.2) is 0 Å². The quantitative estimate of drug-likeness (QED) is 0.454. The van der Waals surface area contributed by atoms with Crippen LogP contribution in [0, 0.1) is 0 Å². The minimum Gasteiger partial charge on any atom is -0.662 e. The topological polar surface area (TPSA) is 28.2 Å². The van der Waals surface area contributed by atoms with Crippen molar-refractivity contribution in [3.8, 4) is 0 Å². The molecule has 0 N–H and O–H groups in total. The number of hydrogen-bond acceptors (Lipinski definition) is 0. The van der Waals surface area contributed by atoms with Gasteiger partial charge in [0, 0.05) is 0 Å². The van der Waals surface area contributed by atoms with Crippen molar-refractivity contribution in [3.63, 3.8) is 0 Å². The van der Waals surface area contributed by atoms with Crippen molar-refractivity contribution >= 4 is 0 Å². The highest BCUT2D eigenvalue weighted by Crippen LogP contribution is 2.15. The van der Waals surface area contributed by atoms with Crippen LogP contribution in [0.1, 0.15) is 13.8 Å². The molecule has 0 bridgehead atoms. The van der Waals surface area contributed by atoms with E-state index in [2.05, 4.69) is 24.5 Å². The van der Waals surface area contributed by atoms with E-state index in [1.54, 1.807) is 0 Å². The van der Waals surface area contributed by atoms with E-state index in [0.29, 0.717) is 12.1 Å². The lowest BCUT2D eigenvalue weighted by atomic mass is 10.2. The van der Waals surface area contributed by atoms with Gasteiger partial charge in [-0.3, -0.25) is 0 Å². The molecule has 0 unspecified atom stereocenters. The highest BCUT2D eigenvalue weighted by Gasteiger charge is 1.90. The van der Waals surface area contributed by atoms with E-state index in [1.807, 2.05) is 0 Å². The summed E-state index contributed by atoms with van der Waals surface area (Å²) in [6, 6.07) is 0.956. The minimum atomic E-state index is 0.478. The maximum atomic E-state index is 4.32. The smallest absolute Gasteiger partial charge is 0.0832 e. The Labute approximate surface area is 50.7 Å². The summed E-state index contributed by atoms with van der Waals surface area (Å²) in [5.41, 5.74) is 0. The summed E-state index contributed by atoms with van der Waals surface area (Å²) in [6.45, 7) is 6.08. The Kier molecular flexibility index (Phi) is 1.86. The van der Waals surface area contributed by atoms with Gasteiger partial charge in [-0.2, -0.15) is 25.2 Å². The Morgan fingerprint density at radius 2 is 1.38 bits per heavy atom. The van der Waals surface area contributed by atoms with E-state index in [-0.39, 0.29) is 0 Å². The van der Waals surface area contributed by atoms with E-state index >= 15 is 0 Å². The monoisotopic (exact) mass is 112 g/mol. The molecule has 0 aliphatic carbocycles. The van der Waals surface area contributed by atoms with Gasteiger partial charge in [0.05, 0.1) is 0 Å². The molecule has 8 heavy (non-hydrogen) atoms. The van der Waals surface area contributed by atoms with Crippen LogP contribution in [0.4, 0.5) is 0 Å². The molecule has 1 aliphatic heterocycles. The lowest BCUT2D eigenvalue weighted by molar-refractivity contribution is 0.689. The Balaban J connectivity index is 2.19. The van der Waals surface area contributed by atoms with Crippen molar-refractivity contribution in [2.24, 2.45) is 0 Å². The number of piperazine rings is 1. The number of rotatable bonds is 0. The molecular weight excluding hydrogens is 100 g/mol. The first-order valence-electron chi connectivity index (χ1n) is 3.12. The Hall–Kier alpha value is -0.0800. The van der Waals surface area contributed by atoms with Crippen molar-refractivity contribution in [2.45, 2.75) is 25.9 Å². The third-order valence-electron chi connectivity index (χ3n) is 1.36. The van der Waals surface area contributed by atoms with Gasteiger partial charge in [-0.1, -0.05) is 13.8 Å². The molecule has 1 fully saturated rings. The largest absolute Gasteiger partial charge is 0.662 e. The predicted molar refractivity (Wildman–Crippen MR) is 35.4 cm³/mol. The lowest BCUT2D eigenvalue weighted by Crippen LogP contribution is -2.23. The third kappa shape index (κ3) is 1.46. The molecule has 1 rings (SSSR count). The van der Waals surface area contributed by atoms with Crippen molar-refractivity contribution in [1.82, 2.24) is 0 Å². The predicted octanol–water partition coefficient (Wildman–Crippen LogP) is 1.52. The van der Waals surface area contributed by atoms with E-state index in [9.17, 15) is 0 Å². The second kappa shape index (κ2) is 2.46. The standard InChI is InChI=1S/C6H12N2/c1-5-3-8-6(2)4-7-5/h5-6H,3-4H2,1-2H3/q-2/t5-,6+. The molecule has 0 aromatic rings. The molecule has 48 valence electrons. The summed E-state index contributed by atoms with van der Waals surface area (Å²) in [4.78, 5) is 0. The number of nitrogens with zero attached hydrogens (tertiary/aromatic N) is 2. The summed E-state index contributed by atoms with van der Waals surface area (Å²) >= 11 is 0. The summed E-state index contributed by atoms with van der Waals surface area (Å²) < 4.78 is 0. The summed E-state index contributed by atoms with van der Waals surface area (Å²) in [5.74, 6) is 0. The molecule has 0 amide bonds. The van der Waals surface area contributed by atoms with E-state index < -0.39 is 0 Å². The van der Waals surface area contributed by atoms with Crippen molar-refractivity contribution in [1.29, 1.82) is 0 Å². The summed E-state index contributed by atoms with van der Waals surface area (Å²) in [6.07, 6.45) is 0. The van der Waals surface area contributed by atoms with Crippen LogP contribution in [-0.2, 0) is 0 Å². The fourth-order valence-electron chi connectivity index (χ4n) is 0.780. The highest BCUT2D eigenvalue weighted by atomic mass is 15.1. The van der Waals surface area contributed by atoms with Crippen LogP contribution in [0.5, 0.6) is 0 Å². The van der Waals surface area contributed by atoms with Crippen LogP contribution < -0.4 is 0 Å². The van der Waals surface area contributed by atoms with Gasteiger partial charge in [-0.05, 0) is 0 Å². The van der Waals surface area contributed by atoms with Crippen molar-refractivity contribution in [2.75, 3.05) is 13.1 Å². The molecule has 0 aromatic heterocycles. The fourth-order valence-corrected chi connectivity index (χ4v) is 0.780.